The quantitative estimate of drug-likeness (QED) is 0.389. The first-order valence-electron chi connectivity index (χ1n) is 4.41. The molecule has 0 spiro atoms. The zero-order valence-corrected chi connectivity index (χ0v) is 8.29. The number of imidazole rings is 1. The van der Waals surface area contributed by atoms with Gasteiger partial charge in [-0.3, -0.25) is 0 Å². The van der Waals surface area contributed by atoms with E-state index >= 15 is 0 Å². The van der Waals surface area contributed by atoms with Crippen molar-refractivity contribution in [3.05, 3.63) is 22.4 Å². The molecule has 5 N–H and O–H groups in total. The Morgan fingerprint density at radius 1 is 1.71 bits per heavy atom. The molecule has 6 nitrogen and oxygen atoms in total. The lowest BCUT2D eigenvalue weighted by molar-refractivity contribution is 0.723. The van der Waals surface area contributed by atoms with Crippen LogP contribution in [0.3, 0.4) is 0 Å². The van der Waals surface area contributed by atoms with Crippen LogP contribution in [0, 0.1) is 0 Å². The fourth-order valence-electron chi connectivity index (χ4n) is 0.968. The first-order valence-corrected chi connectivity index (χ1v) is 4.41. The van der Waals surface area contributed by atoms with Crippen LogP contribution in [0.15, 0.2) is 16.0 Å². The molecular formula is C8H15N5O. The van der Waals surface area contributed by atoms with Gasteiger partial charge in [-0.15, -0.1) is 0 Å². The lowest BCUT2D eigenvalue weighted by Crippen LogP contribution is -2.36. The van der Waals surface area contributed by atoms with Crippen LogP contribution in [0.5, 0.6) is 0 Å². The van der Waals surface area contributed by atoms with E-state index in [0.717, 1.165) is 0 Å². The molecule has 0 bridgehead atoms. The zero-order valence-electron chi connectivity index (χ0n) is 8.29. The average Bonchev–Trinajstić information content (AvgIpc) is 2.47. The average molecular weight is 197 g/mol. The summed E-state index contributed by atoms with van der Waals surface area (Å²) in [7, 11) is 0. The van der Waals surface area contributed by atoms with Crippen LogP contribution in [0.25, 0.3) is 0 Å². The van der Waals surface area contributed by atoms with E-state index in [9.17, 15) is 4.79 Å². The Bertz CT molecular complexity index is 362. The first-order chi connectivity index (χ1) is 6.58. The Morgan fingerprint density at radius 2 is 2.43 bits per heavy atom. The lowest BCUT2D eigenvalue weighted by Gasteiger charge is -2.07. The highest BCUT2D eigenvalue weighted by molar-refractivity contribution is 5.77. The fraction of sp³-hybridized carbons (Fsp3) is 0.500. The molecule has 14 heavy (non-hydrogen) atoms. The number of H-pyrrole nitrogens is 2. The fourth-order valence-corrected chi connectivity index (χ4v) is 0.968. The molecule has 0 atom stereocenters. The predicted octanol–water partition coefficient (Wildman–Crippen LogP) is -0.484. The van der Waals surface area contributed by atoms with Crippen molar-refractivity contribution in [2.24, 2.45) is 10.7 Å². The van der Waals surface area contributed by atoms with Gasteiger partial charge in [0.1, 0.15) is 0 Å². The third kappa shape index (κ3) is 3.34. The molecule has 1 heterocycles. The van der Waals surface area contributed by atoms with Crippen molar-refractivity contribution in [1.82, 2.24) is 15.3 Å². The second-order valence-corrected chi connectivity index (χ2v) is 3.27. The Morgan fingerprint density at radius 3 is 2.93 bits per heavy atom. The summed E-state index contributed by atoms with van der Waals surface area (Å²) in [5.74, 6) is 0.377. The summed E-state index contributed by atoms with van der Waals surface area (Å²) in [4.78, 5) is 19.8. The molecule has 6 heteroatoms. The highest BCUT2D eigenvalue weighted by atomic mass is 16.1. The number of aliphatic imine (C=N–C) groups is 1. The van der Waals surface area contributed by atoms with Gasteiger partial charge in [0.05, 0.1) is 12.2 Å². The molecule has 0 aliphatic rings. The molecule has 0 unspecified atom stereocenters. The van der Waals surface area contributed by atoms with Gasteiger partial charge in [-0.25, -0.2) is 9.79 Å². The normalized spacial score (nSPS) is 12.1. The third-order valence-electron chi connectivity index (χ3n) is 1.51. The Labute approximate surface area is 81.6 Å². The van der Waals surface area contributed by atoms with E-state index in [2.05, 4.69) is 20.3 Å². The van der Waals surface area contributed by atoms with Crippen molar-refractivity contribution in [3.63, 3.8) is 0 Å². The number of nitrogens with two attached hydrogens (primary N) is 1. The van der Waals surface area contributed by atoms with Crippen LogP contribution in [0.2, 0.25) is 0 Å². The molecule has 78 valence electrons. The number of hydrogen-bond acceptors (Lipinski definition) is 2. The summed E-state index contributed by atoms with van der Waals surface area (Å²) in [6.07, 6.45) is 1.58. The van der Waals surface area contributed by atoms with Crippen molar-refractivity contribution in [3.8, 4) is 0 Å². The van der Waals surface area contributed by atoms with E-state index in [4.69, 9.17) is 5.73 Å². The van der Waals surface area contributed by atoms with Gasteiger partial charge in [0.25, 0.3) is 0 Å². The van der Waals surface area contributed by atoms with Crippen molar-refractivity contribution in [2.45, 2.75) is 26.4 Å². The number of aromatic amines is 2. The Balaban J connectivity index is 2.50. The molecule has 0 saturated heterocycles. The summed E-state index contributed by atoms with van der Waals surface area (Å²) in [6, 6.07) is 0.254. The number of rotatable bonds is 3. The van der Waals surface area contributed by atoms with Crippen LogP contribution >= 0.6 is 0 Å². The monoisotopic (exact) mass is 197 g/mol. The van der Waals surface area contributed by atoms with Gasteiger partial charge in [-0.2, -0.15) is 0 Å². The summed E-state index contributed by atoms with van der Waals surface area (Å²) < 4.78 is 0. The SMILES string of the molecule is CC(C)NC(N)=NCc1c[nH]c(=O)[nH]1. The van der Waals surface area contributed by atoms with Crippen LogP contribution in [0.4, 0.5) is 0 Å². The topological polar surface area (TPSA) is 99.1 Å². The van der Waals surface area contributed by atoms with Crippen molar-refractivity contribution < 1.29 is 0 Å². The largest absolute Gasteiger partial charge is 0.370 e. The van der Waals surface area contributed by atoms with Gasteiger partial charge >= 0.3 is 5.69 Å². The molecular weight excluding hydrogens is 182 g/mol. The molecule has 0 fully saturated rings. The zero-order chi connectivity index (χ0) is 10.6. The smallest absolute Gasteiger partial charge is 0.323 e. The maximum Gasteiger partial charge on any atom is 0.323 e. The number of guanidine groups is 1. The van der Waals surface area contributed by atoms with Gasteiger partial charge in [0.15, 0.2) is 5.96 Å². The minimum Gasteiger partial charge on any atom is -0.370 e. The molecule has 0 aromatic carbocycles. The van der Waals surface area contributed by atoms with E-state index in [-0.39, 0.29) is 11.7 Å². The predicted molar refractivity (Wildman–Crippen MR) is 55.0 cm³/mol. The van der Waals surface area contributed by atoms with Crippen molar-refractivity contribution >= 4 is 5.96 Å². The maximum atomic E-state index is 10.7. The number of nitrogens with one attached hydrogen (secondary N) is 3. The van der Waals surface area contributed by atoms with Crippen LogP contribution in [0.1, 0.15) is 19.5 Å². The third-order valence-corrected chi connectivity index (χ3v) is 1.51. The van der Waals surface area contributed by atoms with Crippen molar-refractivity contribution in [1.29, 1.82) is 0 Å². The Kier molecular flexibility index (Phi) is 3.33. The first kappa shape index (κ1) is 10.4. The van der Waals surface area contributed by atoms with E-state index in [1.165, 1.54) is 0 Å². The maximum absolute atomic E-state index is 10.7. The van der Waals surface area contributed by atoms with E-state index < -0.39 is 0 Å². The van der Waals surface area contributed by atoms with Gasteiger partial charge in [0, 0.05) is 12.2 Å². The van der Waals surface area contributed by atoms with Gasteiger partial charge in [-0.05, 0) is 13.8 Å². The number of hydrogen-bond donors (Lipinski definition) is 4. The van der Waals surface area contributed by atoms with E-state index in [1.807, 2.05) is 13.8 Å². The second-order valence-electron chi connectivity index (χ2n) is 3.27. The summed E-state index contributed by atoms with van der Waals surface area (Å²) in [5, 5.41) is 2.95. The molecule has 1 aromatic rings. The van der Waals surface area contributed by atoms with E-state index in [1.54, 1.807) is 6.20 Å². The molecule has 1 rings (SSSR count). The minimum atomic E-state index is -0.231. The van der Waals surface area contributed by atoms with Crippen LogP contribution in [-0.4, -0.2) is 22.0 Å². The molecule has 0 amide bonds. The Hall–Kier alpha value is -1.72. The van der Waals surface area contributed by atoms with Crippen LogP contribution < -0.4 is 16.7 Å². The molecule has 0 aliphatic carbocycles. The van der Waals surface area contributed by atoms with Crippen LogP contribution in [-0.2, 0) is 6.54 Å². The molecule has 0 saturated carbocycles. The van der Waals surface area contributed by atoms with E-state index in [0.29, 0.717) is 18.2 Å². The summed E-state index contributed by atoms with van der Waals surface area (Å²) in [6.45, 7) is 4.31. The lowest BCUT2D eigenvalue weighted by atomic mass is 10.4. The van der Waals surface area contributed by atoms with Crippen molar-refractivity contribution in [2.75, 3.05) is 0 Å². The van der Waals surface area contributed by atoms with Gasteiger partial charge in [-0.1, -0.05) is 0 Å². The highest BCUT2D eigenvalue weighted by Gasteiger charge is 1.96. The highest BCUT2D eigenvalue weighted by Crippen LogP contribution is 1.90. The summed E-state index contributed by atoms with van der Waals surface area (Å²) in [5.41, 5.74) is 6.05. The molecule has 1 aromatic heterocycles. The minimum absolute atomic E-state index is 0.231. The summed E-state index contributed by atoms with van der Waals surface area (Å²) >= 11 is 0. The molecule has 0 aliphatic heterocycles. The second kappa shape index (κ2) is 4.50. The van der Waals surface area contributed by atoms with Gasteiger partial charge in [0.2, 0.25) is 0 Å². The van der Waals surface area contributed by atoms with Gasteiger partial charge < -0.3 is 21.0 Å². The molecule has 0 radical (unpaired) electrons. The number of aromatic nitrogens is 2. The number of nitrogens with zero attached hydrogens (tertiary/aromatic N) is 1. The standard InChI is InChI=1S/C8H15N5O/c1-5(2)12-7(9)10-3-6-4-11-8(14)13-6/h4-5H,3H2,1-2H3,(H3,9,10,12)(H2,11,13,14).